The lowest BCUT2D eigenvalue weighted by Crippen LogP contribution is -2.42. The lowest BCUT2D eigenvalue weighted by molar-refractivity contribution is 0.0893. The minimum Gasteiger partial charge on any atom is -0.489 e. The van der Waals surface area contributed by atoms with Crippen LogP contribution in [-0.2, 0) is 23.6 Å². The number of piperidine rings is 1. The zero-order chi connectivity index (χ0) is 22.5. The molecule has 1 fully saturated rings. The molecular formula is C20H26IN3O5S2. The highest BCUT2D eigenvalue weighted by atomic mass is 127. The number of anilines is 2. The molecule has 0 radical (unpaired) electrons. The Morgan fingerprint density at radius 1 is 1.00 bits per heavy atom. The van der Waals surface area contributed by atoms with Gasteiger partial charge in [0.25, 0.3) is 7.19 Å². The predicted molar refractivity (Wildman–Crippen MR) is 132 cm³/mol. The summed E-state index contributed by atoms with van der Waals surface area (Å²) in [4.78, 5) is 2.37. The van der Waals surface area contributed by atoms with Crippen molar-refractivity contribution in [3.05, 3.63) is 54.1 Å². The molecule has 0 bridgehead atoms. The van der Waals surface area contributed by atoms with E-state index < -0.39 is 17.2 Å². The van der Waals surface area contributed by atoms with Crippen molar-refractivity contribution in [3.8, 4) is 5.75 Å². The van der Waals surface area contributed by atoms with Crippen LogP contribution in [0.15, 0.2) is 48.5 Å². The second kappa shape index (κ2) is 10.4. The molecule has 31 heavy (non-hydrogen) atoms. The zero-order valence-electron chi connectivity index (χ0n) is 17.1. The summed E-state index contributed by atoms with van der Waals surface area (Å²) >= 11 is 1.35. The molecule has 0 aromatic heterocycles. The molecule has 3 rings (SSSR count). The summed E-state index contributed by atoms with van der Waals surface area (Å²) in [7, 11) is -6.59. The van der Waals surface area contributed by atoms with Crippen LogP contribution in [0.4, 0.5) is 11.4 Å². The van der Waals surface area contributed by atoms with E-state index >= 15 is 0 Å². The number of nitrogens with one attached hydrogen (secondary N) is 2. The van der Waals surface area contributed by atoms with E-state index in [1.165, 1.54) is 21.2 Å². The molecule has 2 aromatic carbocycles. The van der Waals surface area contributed by atoms with Gasteiger partial charge in [-0.3, -0.25) is 14.3 Å². The van der Waals surface area contributed by atoms with Crippen molar-refractivity contribution in [2.24, 2.45) is 0 Å². The first-order chi connectivity index (χ1) is 14.6. The number of rotatable bonds is 9. The molecule has 1 aliphatic rings. The van der Waals surface area contributed by atoms with Gasteiger partial charge >= 0.3 is 0 Å². The number of hydrogen-bond acceptors (Lipinski definition) is 6. The van der Waals surface area contributed by atoms with E-state index in [1.807, 2.05) is 12.1 Å². The second-order valence-electron chi connectivity index (χ2n) is 7.57. The van der Waals surface area contributed by atoms with Crippen molar-refractivity contribution >= 4 is 49.8 Å². The Morgan fingerprint density at radius 3 is 2.23 bits per heavy atom. The Labute approximate surface area is 196 Å². The zero-order valence-corrected chi connectivity index (χ0v) is 20.9. The van der Waals surface area contributed by atoms with Gasteiger partial charge in [0.15, 0.2) is 0 Å². The topological polar surface area (TPSA) is 105 Å². The van der Waals surface area contributed by atoms with Crippen LogP contribution in [0.1, 0.15) is 18.4 Å². The van der Waals surface area contributed by atoms with E-state index in [0.29, 0.717) is 11.4 Å². The summed E-state index contributed by atoms with van der Waals surface area (Å²) in [6.45, 7) is 2.74. The number of likely N-dealkylation sites (tertiary alicyclic amines) is 1. The molecule has 0 aliphatic carbocycles. The monoisotopic (exact) mass is 579 g/mol. The van der Waals surface area contributed by atoms with Crippen LogP contribution < -0.4 is 14.2 Å². The fourth-order valence-corrected chi connectivity index (χ4v) is 5.23. The van der Waals surface area contributed by atoms with Gasteiger partial charge in [-0.15, -0.1) is 0 Å². The molecule has 1 unspecified atom stereocenters. The third-order valence-corrected chi connectivity index (χ3v) is 6.58. The first kappa shape index (κ1) is 24.1. The standard InChI is InChI=1S/C20H26IN3O5S2/c1-30(25,26)22-17-6-4-16(5-7-17)12-14-24-13-2-3-20(15-24)29-19-10-8-18(9-11-19)23-31(21,27)28/h4-11,20,22-23H,2-3,12-15H2,1H3. The van der Waals surface area contributed by atoms with Gasteiger partial charge in [-0.05, 0) is 67.8 Å². The Kier molecular flexibility index (Phi) is 8.05. The highest BCUT2D eigenvalue weighted by Gasteiger charge is 2.21. The third-order valence-electron chi connectivity index (χ3n) is 4.83. The number of hydrogen-bond donors (Lipinski definition) is 2. The van der Waals surface area contributed by atoms with E-state index in [0.717, 1.165) is 56.5 Å². The summed E-state index contributed by atoms with van der Waals surface area (Å²) in [6.07, 6.45) is 4.12. The SMILES string of the molecule is CS(=O)(=O)Nc1ccc(CCN2CCCC(Oc3ccc(NS(=O)(=O)I)cc3)C2)cc1. The van der Waals surface area contributed by atoms with Gasteiger partial charge < -0.3 is 4.74 Å². The van der Waals surface area contributed by atoms with Crippen molar-refractivity contribution in [3.63, 3.8) is 0 Å². The molecule has 2 N–H and O–H groups in total. The summed E-state index contributed by atoms with van der Waals surface area (Å²) in [5, 5.41) is 0. The molecule has 8 nitrogen and oxygen atoms in total. The molecule has 1 aliphatic heterocycles. The lowest BCUT2D eigenvalue weighted by atomic mass is 10.1. The van der Waals surface area contributed by atoms with Gasteiger partial charge in [0, 0.05) is 24.5 Å². The molecule has 0 amide bonds. The summed E-state index contributed by atoms with van der Waals surface area (Å²) in [6, 6.07) is 14.4. The molecule has 0 saturated carbocycles. The van der Waals surface area contributed by atoms with Gasteiger partial charge in [0.1, 0.15) is 11.9 Å². The van der Waals surface area contributed by atoms with Gasteiger partial charge in [0.2, 0.25) is 10.0 Å². The molecule has 2 aromatic rings. The normalized spacial score (nSPS) is 17.8. The van der Waals surface area contributed by atoms with Crippen LogP contribution in [0.5, 0.6) is 5.75 Å². The van der Waals surface area contributed by atoms with Crippen molar-refractivity contribution < 1.29 is 21.6 Å². The lowest BCUT2D eigenvalue weighted by Gasteiger charge is -2.33. The van der Waals surface area contributed by atoms with Gasteiger partial charge in [0.05, 0.1) is 27.5 Å². The molecule has 1 atom stereocenters. The smallest absolute Gasteiger partial charge is 0.286 e. The minimum atomic E-state index is -3.32. The molecule has 1 saturated heterocycles. The van der Waals surface area contributed by atoms with Crippen molar-refractivity contribution in [2.75, 3.05) is 35.3 Å². The Balaban J connectivity index is 1.48. The maximum Gasteiger partial charge on any atom is 0.286 e. The van der Waals surface area contributed by atoms with Gasteiger partial charge in [-0.2, -0.15) is 8.42 Å². The minimum absolute atomic E-state index is 0.0854. The molecule has 170 valence electrons. The second-order valence-corrected chi connectivity index (χ2v) is 13.9. The number of ether oxygens (including phenoxy) is 1. The van der Waals surface area contributed by atoms with Gasteiger partial charge in [-0.25, -0.2) is 8.42 Å². The van der Waals surface area contributed by atoms with E-state index in [1.54, 1.807) is 36.4 Å². The van der Waals surface area contributed by atoms with Crippen LogP contribution in [0.3, 0.4) is 0 Å². The van der Waals surface area contributed by atoms with Crippen LogP contribution in [-0.4, -0.2) is 53.7 Å². The maximum absolute atomic E-state index is 11.3. The average Bonchev–Trinajstić information content (AvgIpc) is 2.67. The third kappa shape index (κ3) is 8.83. The maximum atomic E-state index is 11.3. The van der Waals surface area contributed by atoms with Crippen LogP contribution in [0, 0.1) is 0 Å². The van der Waals surface area contributed by atoms with Gasteiger partial charge in [-0.1, -0.05) is 12.1 Å². The fourth-order valence-electron chi connectivity index (χ4n) is 3.49. The molecule has 0 spiro atoms. The first-order valence-corrected chi connectivity index (χ1v) is 15.8. The van der Waals surface area contributed by atoms with Crippen molar-refractivity contribution in [1.29, 1.82) is 0 Å². The summed E-state index contributed by atoms with van der Waals surface area (Å²) < 4.78 is 56.2. The largest absolute Gasteiger partial charge is 0.489 e. The van der Waals surface area contributed by atoms with Crippen LogP contribution >= 0.6 is 21.2 Å². The van der Waals surface area contributed by atoms with E-state index in [4.69, 9.17) is 4.74 Å². The number of sulfonamides is 1. The quantitative estimate of drug-likeness (QED) is 0.349. The molecule has 11 heteroatoms. The Hall–Kier alpha value is -1.57. The van der Waals surface area contributed by atoms with Crippen molar-refractivity contribution in [2.45, 2.75) is 25.4 Å². The number of benzene rings is 2. The van der Waals surface area contributed by atoms with Crippen molar-refractivity contribution in [1.82, 2.24) is 4.90 Å². The van der Waals surface area contributed by atoms with E-state index in [2.05, 4.69) is 14.3 Å². The highest BCUT2D eigenvalue weighted by Crippen LogP contribution is 2.22. The fraction of sp³-hybridized carbons (Fsp3) is 0.400. The van der Waals surface area contributed by atoms with Crippen LogP contribution in [0.2, 0.25) is 0 Å². The summed E-state index contributed by atoms with van der Waals surface area (Å²) in [5.74, 6) is 0.720. The highest BCUT2D eigenvalue weighted by molar-refractivity contribution is 14.2. The number of halogens is 1. The number of nitrogens with zero attached hydrogens (tertiary/aromatic N) is 1. The van der Waals surface area contributed by atoms with E-state index in [-0.39, 0.29) is 6.10 Å². The Bertz CT molecular complexity index is 1070. The molecular weight excluding hydrogens is 553 g/mol. The Morgan fingerprint density at radius 2 is 1.61 bits per heavy atom. The average molecular weight is 579 g/mol. The van der Waals surface area contributed by atoms with Crippen LogP contribution in [0.25, 0.3) is 0 Å². The molecule has 1 heterocycles. The predicted octanol–water partition coefficient (Wildman–Crippen LogP) is 3.24. The summed E-state index contributed by atoms with van der Waals surface area (Å²) in [5.41, 5.74) is 2.22. The first-order valence-electron chi connectivity index (χ1n) is 9.84. The van der Waals surface area contributed by atoms with E-state index in [9.17, 15) is 16.8 Å².